The zero-order chi connectivity index (χ0) is 18.7. The maximum Gasteiger partial charge on any atom is 0.313 e. The van der Waals surface area contributed by atoms with Crippen molar-refractivity contribution in [1.82, 2.24) is 4.90 Å². The Morgan fingerprint density at radius 1 is 1.04 bits per heavy atom. The van der Waals surface area contributed by atoms with Crippen LogP contribution in [0, 0.1) is 6.92 Å². The van der Waals surface area contributed by atoms with Crippen LogP contribution in [0.3, 0.4) is 0 Å². The number of rotatable bonds is 3. The van der Waals surface area contributed by atoms with Crippen LogP contribution in [0.4, 0.5) is 5.69 Å². The van der Waals surface area contributed by atoms with Gasteiger partial charge < -0.3 is 19.7 Å². The van der Waals surface area contributed by atoms with Gasteiger partial charge in [0.1, 0.15) is 0 Å². The van der Waals surface area contributed by atoms with Gasteiger partial charge in [0, 0.05) is 18.8 Å². The number of ether oxygens (including phenoxy) is 2. The van der Waals surface area contributed by atoms with Crippen LogP contribution in [0.5, 0.6) is 11.5 Å². The van der Waals surface area contributed by atoms with Crippen molar-refractivity contribution in [3.8, 4) is 11.5 Å². The summed E-state index contributed by atoms with van der Waals surface area (Å²) in [6.07, 6.45) is 0.666. The Bertz CT molecular complexity index is 848. The molecule has 0 aromatic heterocycles. The van der Waals surface area contributed by atoms with Gasteiger partial charge in [-0.15, -0.1) is 0 Å². The predicted molar refractivity (Wildman–Crippen MR) is 98.5 cm³/mol. The van der Waals surface area contributed by atoms with E-state index in [9.17, 15) is 9.59 Å². The second-order valence-corrected chi connectivity index (χ2v) is 6.28. The number of amides is 2. The minimum atomic E-state index is -0.625. The number of aryl methyl sites for hydroxylation is 1. The second kappa shape index (κ2) is 7.47. The second-order valence-electron chi connectivity index (χ2n) is 6.28. The zero-order valence-electron chi connectivity index (χ0n) is 15.2. The topological polar surface area (TPSA) is 67.9 Å². The van der Waals surface area contributed by atoms with Gasteiger partial charge in [-0.3, -0.25) is 9.59 Å². The van der Waals surface area contributed by atoms with Crippen LogP contribution in [0.15, 0.2) is 36.4 Å². The fraction of sp³-hybridized carbons (Fsp3) is 0.300. The summed E-state index contributed by atoms with van der Waals surface area (Å²) >= 11 is 0. The van der Waals surface area contributed by atoms with E-state index in [2.05, 4.69) is 5.32 Å². The van der Waals surface area contributed by atoms with Crippen LogP contribution < -0.4 is 14.8 Å². The van der Waals surface area contributed by atoms with E-state index in [1.807, 2.05) is 37.3 Å². The normalized spacial score (nSPS) is 13.0. The Morgan fingerprint density at radius 2 is 1.73 bits per heavy atom. The summed E-state index contributed by atoms with van der Waals surface area (Å²) < 4.78 is 10.6. The number of hydrogen-bond acceptors (Lipinski definition) is 4. The molecule has 0 atom stereocenters. The molecule has 0 spiro atoms. The van der Waals surface area contributed by atoms with Crippen molar-refractivity contribution in [2.45, 2.75) is 19.9 Å². The molecular formula is C20H22N2O4. The molecule has 0 bridgehead atoms. The molecule has 26 heavy (non-hydrogen) atoms. The monoisotopic (exact) mass is 354 g/mol. The zero-order valence-corrected chi connectivity index (χ0v) is 15.2. The fourth-order valence-corrected chi connectivity index (χ4v) is 3.11. The number of benzene rings is 2. The van der Waals surface area contributed by atoms with Crippen molar-refractivity contribution in [2.24, 2.45) is 0 Å². The lowest BCUT2D eigenvalue weighted by Crippen LogP contribution is -2.42. The fourth-order valence-electron chi connectivity index (χ4n) is 3.11. The molecule has 1 N–H and O–H groups in total. The lowest BCUT2D eigenvalue weighted by Gasteiger charge is -2.29. The highest BCUT2D eigenvalue weighted by Crippen LogP contribution is 2.33. The Kier molecular flexibility index (Phi) is 5.11. The first kappa shape index (κ1) is 17.8. The van der Waals surface area contributed by atoms with E-state index in [1.165, 1.54) is 0 Å². The first-order valence-corrected chi connectivity index (χ1v) is 8.42. The van der Waals surface area contributed by atoms with Crippen LogP contribution in [0.25, 0.3) is 0 Å². The maximum absolute atomic E-state index is 12.5. The van der Waals surface area contributed by atoms with Crippen LogP contribution in [0.2, 0.25) is 0 Å². The summed E-state index contributed by atoms with van der Waals surface area (Å²) in [5.41, 5.74) is 3.70. The third kappa shape index (κ3) is 3.64. The van der Waals surface area contributed by atoms with Crippen molar-refractivity contribution in [1.29, 1.82) is 0 Å². The number of carbonyl (C=O) groups is 2. The summed E-state index contributed by atoms with van der Waals surface area (Å²) in [5.74, 6) is 0.124. The van der Waals surface area contributed by atoms with E-state index in [4.69, 9.17) is 9.47 Å². The molecule has 2 amide bonds. The van der Waals surface area contributed by atoms with Crippen LogP contribution in [0.1, 0.15) is 16.7 Å². The van der Waals surface area contributed by atoms with E-state index in [0.717, 1.165) is 16.7 Å². The Hall–Kier alpha value is -3.02. The van der Waals surface area contributed by atoms with Gasteiger partial charge in [-0.1, -0.05) is 12.1 Å². The molecule has 6 nitrogen and oxygen atoms in total. The molecule has 3 rings (SSSR count). The molecule has 2 aromatic rings. The molecule has 0 unspecified atom stereocenters. The summed E-state index contributed by atoms with van der Waals surface area (Å²) in [5, 5.41) is 2.67. The number of hydrogen-bond donors (Lipinski definition) is 1. The Morgan fingerprint density at radius 3 is 2.38 bits per heavy atom. The van der Waals surface area contributed by atoms with E-state index >= 15 is 0 Å². The molecular weight excluding hydrogens is 332 g/mol. The largest absolute Gasteiger partial charge is 0.493 e. The highest BCUT2D eigenvalue weighted by atomic mass is 16.5. The van der Waals surface area contributed by atoms with Crippen LogP contribution in [-0.2, 0) is 22.6 Å². The summed E-state index contributed by atoms with van der Waals surface area (Å²) in [4.78, 5) is 26.4. The minimum Gasteiger partial charge on any atom is -0.493 e. The third-order valence-corrected chi connectivity index (χ3v) is 4.48. The number of nitrogens with zero attached hydrogens (tertiary/aromatic N) is 1. The minimum absolute atomic E-state index is 0.371. The van der Waals surface area contributed by atoms with Crippen molar-refractivity contribution >= 4 is 17.5 Å². The Labute approximate surface area is 152 Å². The van der Waals surface area contributed by atoms with E-state index in [-0.39, 0.29) is 0 Å². The molecule has 136 valence electrons. The molecule has 1 heterocycles. The highest BCUT2D eigenvalue weighted by molar-refractivity contribution is 6.39. The number of fused-ring (bicyclic) bond motifs is 1. The first-order chi connectivity index (χ1) is 12.5. The quantitative estimate of drug-likeness (QED) is 0.860. The average Bonchev–Trinajstić information content (AvgIpc) is 2.65. The number of nitrogens with one attached hydrogen (secondary N) is 1. The van der Waals surface area contributed by atoms with Gasteiger partial charge in [0.15, 0.2) is 11.5 Å². The van der Waals surface area contributed by atoms with Gasteiger partial charge >= 0.3 is 11.8 Å². The summed E-state index contributed by atoms with van der Waals surface area (Å²) in [7, 11) is 3.17. The number of methoxy groups -OCH3 is 2. The standard InChI is InChI=1S/C20H22N2O4/c1-13-5-4-6-16(9-13)21-19(23)20(24)22-8-7-14-10-17(25-2)18(26-3)11-15(14)12-22/h4-6,9-11H,7-8,12H2,1-3H3,(H,21,23). The summed E-state index contributed by atoms with van der Waals surface area (Å²) in [6.45, 7) is 2.79. The Balaban J connectivity index is 1.73. The van der Waals surface area contributed by atoms with Gasteiger partial charge in [0.25, 0.3) is 0 Å². The first-order valence-electron chi connectivity index (χ1n) is 8.42. The summed E-state index contributed by atoms with van der Waals surface area (Å²) in [6, 6.07) is 11.2. The third-order valence-electron chi connectivity index (χ3n) is 4.48. The van der Waals surface area contributed by atoms with Crippen molar-refractivity contribution in [2.75, 3.05) is 26.1 Å². The number of carbonyl (C=O) groups excluding carboxylic acids is 2. The molecule has 0 saturated heterocycles. The molecule has 2 aromatic carbocycles. The van der Waals surface area contributed by atoms with Gasteiger partial charge in [-0.25, -0.2) is 0 Å². The maximum atomic E-state index is 12.5. The molecule has 0 saturated carbocycles. The van der Waals surface area contributed by atoms with Gasteiger partial charge in [0.05, 0.1) is 14.2 Å². The molecule has 1 aliphatic heterocycles. The molecule has 0 fully saturated rings. The van der Waals surface area contributed by atoms with Gasteiger partial charge in [-0.2, -0.15) is 0 Å². The van der Waals surface area contributed by atoms with Crippen molar-refractivity contribution < 1.29 is 19.1 Å². The van der Waals surface area contributed by atoms with Gasteiger partial charge in [0.2, 0.25) is 0 Å². The predicted octanol–water partition coefficient (Wildman–Crippen LogP) is 2.54. The lowest BCUT2D eigenvalue weighted by atomic mass is 9.98. The van der Waals surface area contributed by atoms with E-state index in [1.54, 1.807) is 25.2 Å². The van der Waals surface area contributed by atoms with Crippen LogP contribution >= 0.6 is 0 Å². The number of anilines is 1. The highest BCUT2D eigenvalue weighted by Gasteiger charge is 2.27. The smallest absolute Gasteiger partial charge is 0.313 e. The van der Waals surface area contributed by atoms with Crippen molar-refractivity contribution in [3.05, 3.63) is 53.1 Å². The lowest BCUT2D eigenvalue weighted by molar-refractivity contribution is -0.143. The van der Waals surface area contributed by atoms with Gasteiger partial charge in [-0.05, 0) is 54.3 Å². The van der Waals surface area contributed by atoms with Crippen molar-refractivity contribution in [3.63, 3.8) is 0 Å². The van der Waals surface area contributed by atoms with E-state index in [0.29, 0.717) is 36.7 Å². The van der Waals surface area contributed by atoms with E-state index < -0.39 is 11.8 Å². The molecule has 0 aliphatic carbocycles. The van der Waals surface area contributed by atoms with Crippen LogP contribution in [-0.4, -0.2) is 37.5 Å². The molecule has 1 aliphatic rings. The molecule has 0 radical (unpaired) electrons. The molecule has 6 heteroatoms. The average molecular weight is 354 g/mol. The SMILES string of the molecule is COc1cc2c(cc1OC)CN(C(=O)C(=O)Nc1cccc(C)c1)CC2.